The van der Waals surface area contributed by atoms with Gasteiger partial charge in [0.2, 0.25) is 0 Å². The summed E-state index contributed by atoms with van der Waals surface area (Å²) in [6, 6.07) is 12.9. The van der Waals surface area contributed by atoms with Crippen LogP contribution >= 0.6 is 0 Å². The molecule has 1 heterocycles. The Hall–Kier alpha value is -2.36. The van der Waals surface area contributed by atoms with Crippen LogP contribution < -0.4 is 0 Å². The maximum absolute atomic E-state index is 12.3. The molecule has 0 aliphatic rings. The molecule has 4 heteroatoms. The first-order valence-corrected chi connectivity index (χ1v) is 6.79. The molecule has 0 saturated heterocycles. The Morgan fingerprint density at radius 3 is 2.38 bits per heavy atom. The van der Waals surface area contributed by atoms with E-state index in [9.17, 15) is 9.59 Å². The summed E-state index contributed by atoms with van der Waals surface area (Å²) in [5, 5.41) is 0. The lowest BCUT2D eigenvalue weighted by molar-refractivity contribution is -0.143. The number of Topliss-reactive ketones (excluding diaryl/α,β-unsaturated/α-hetero) is 1. The van der Waals surface area contributed by atoms with Crippen molar-refractivity contribution < 1.29 is 18.7 Å². The smallest absolute Gasteiger partial charge is 0.313 e. The summed E-state index contributed by atoms with van der Waals surface area (Å²) in [5.74, 6) is -0.687. The van der Waals surface area contributed by atoms with E-state index in [-0.39, 0.29) is 24.1 Å². The van der Waals surface area contributed by atoms with Gasteiger partial charge < -0.3 is 13.9 Å². The predicted octanol–water partition coefficient (Wildman–Crippen LogP) is 3.30. The number of benzene rings is 1. The molecule has 110 valence electrons. The van der Waals surface area contributed by atoms with E-state index in [1.54, 1.807) is 18.4 Å². The first-order chi connectivity index (χ1) is 10.1. The molecule has 0 N–H and O–H groups in total. The minimum atomic E-state index is -0.564. The van der Waals surface area contributed by atoms with Gasteiger partial charge in [-0.05, 0) is 24.6 Å². The lowest BCUT2D eigenvalue weighted by Gasteiger charge is -2.23. The van der Waals surface area contributed by atoms with E-state index < -0.39 is 5.92 Å². The highest BCUT2D eigenvalue weighted by atomic mass is 16.5. The number of ether oxygens (including phenoxy) is 1. The lowest BCUT2D eigenvalue weighted by Crippen LogP contribution is -2.23. The van der Waals surface area contributed by atoms with Gasteiger partial charge in [-0.3, -0.25) is 4.79 Å². The number of furan rings is 1. The number of ketones is 1. The molecule has 0 saturated carbocycles. The number of esters is 1. The van der Waals surface area contributed by atoms with Crippen LogP contribution in [0.25, 0.3) is 0 Å². The highest BCUT2D eigenvalue weighted by Gasteiger charge is 2.34. The summed E-state index contributed by atoms with van der Waals surface area (Å²) < 4.78 is 10.4. The first kappa shape index (κ1) is 15.0. The summed E-state index contributed by atoms with van der Waals surface area (Å²) >= 11 is 0. The van der Waals surface area contributed by atoms with Crippen LogP contribution in [0.1, 0.15) is 36.5 Å². The van der Waals surface area contributed by atoms with Gasteiger partial charge in [0, 0.05) is 12.3 Å². The van der Waals surface area contributed by atoms with Gasteiger partial charge in [0.1, 0.15) is 11.5 Å². The number of hydrogen-bond acceptors (Lipinski definition) is 4. The van der Waals surface area contributed by atoms with Crippen molar-refractivity contribution in [3.8, 4) is 0 Å². The molecule has 1 aromatic carbocycles. The molecule has 0 amide bonds. The summed E-state index contributed by atoms with van der Waals surface area (Å²) in [4.78, 5) is 23.9. The SMILES string of the molecule is COC(=O)C(c1ccccc1)C(CC(C)=O)c1ccco1. The Labute approximate surface area is 123 Å². The number of methoxy groups -OCH3 is 1. The quantitative estimate of drug-likeness (QED) is 0.764. The van der Waals surface area contributed by atoms with Gasteiger partial charge in [0.25, 0.3) is 0 Å². The van der Waals surface area contributed by atoms with Crippen molar-refractivity contribution in [2.24, 2.45) is 0 Å². The first-order valence-electron chi connectivity index (χ1n) is 6.79. The minimum absolute atomic E-state index is 0.00114. The highest BCUT2D eigenvalue weighted by Crippen LogP contribution is 2.37. The summed E-state index contributed by atoms with van der Waals surface area (Å²) in [7, 11) is 1.35. The second-order valence-electron chi connectivity index (χ2n) is 4.94. The van der Waals surface area contributed by atoms with Crippen molar-refractivity contribution in [2.45, 2.75) is 25.2 Å². The molecule has 0 bridgehead atoms. The van der Waals surface area contributed by atoms with E-state index in [1.165, 1.54) is 14.0 Å². The second kappa shape index (κ2) is 6.88. The van der Waals surface area contributed by atoms with Crippen molar-refractivity contribution in [1.29, 1.82) is 0 Å². The molecule has 0 aliphatic heterocycles. The monoisotopic (exact) mass is 286 g/mol. The molecule has 2 unspecified atom stereocenters. The van der Waals surface area contributed by atoms with Crippen LogP contribution in [-0.2, 0) is 14.3 Å². The number of rotatable bonds is 6. The highest BCUT2D eigenvalue weighted by molar-refractivity contribution is 5.82. The average molecular weight is 286 g/mol. The summed E-state index contributed by atoms with van der Waals surface area (Å²) in [5.41, 5.74) is 0.812. The Balaban J connectivity index is 2.45. The molecule has 21 heavy (non-hydrogen) atoms. The molecule has 2 rings (SSSR count). The normalized spacial score (nSPS) is 13.4. The van der Waals surface area contributed by atoms with Crippen LogP contribution in [0.2, 0.25) is 0 Å². The van der Waals surface area contributed by atoms with Crippen molar-refractivity contribution in [2.75, 3.05) is 7.11 Å². The maximum atomic E-state index is 12.3. The van der Waals surface area contributed by atoms with Crippen molar-refractivity contribution >= 4 is 11.8 Å². The third-order valence-electron chi connectivity index (χ3n) is 3.43. The minimum Gasteiger partial charge on any atom is -0.469 e. The summed E-state index contributed by atoms with van der Waals surface area (Å²) in [6.07, 6.45) is 1.77. The topological polar surface area (TPSA) is 56.5 Å². The third kappa shape index (κ3) is 3.60. The molecule has 4 nitrogen and oxygen atoms in total. The Bertz CT molecular complexity index is 587. The number of carbonyl (C=O) groups excluding carboxylic acids is 2. The molecule has 0 fully saturated rings. The standard InChI is InChI=1S/C17H18O4/c1-12(18)11-14(15-9-6-10-21-15)16(17(19)20-2)13-7-4-3-5-8-13/h3-10,14,16H,11H2,1-2H3. The molecule has 0 spiro atoms. The van der Waals surface area contributed by atoms with E-state index in [2.05, 4.69) is 0 Å². The van der Waals surface area contributed by atoms with E-state index >= 15 is 0 Å². The molecule has 2 atom stereocenters. The van der Waals surface area contributed by atoms with Crippen LogP contribution in [0.5, 0.6) is 0 Å². The number of carbonyl (C=O) groups is 2. The van der Waals surface area contributed by atoms with E-state index in [1.807, 2.05) is 30.3 Å². The molecular formula is C17H18O4. The molecule has 2 aromatic rings. The van der Waals surface area contributed by atoms with Gasteiger partial charge >= 0.3 is 5.97 Å². The van der Waals surface area contributed by atoms with Gasteiger partial charge in [0.05, 0.1) is 19.3 Å². The van der Waals surface area contributed by atoms with Crippen molar-refractivity contribution in [3.05, 3.63) is 60.1 Å². The molecule has 0 aliphatic carbocycles. The van der Waals surface area contributed by atoms with Crippen LogP contribution in [0.15, 0.2) is 53.1 Å². The van der Waals surface area contributed by atoms with E-state index in [0.29, 0.717) is 5.76 Å². The Morgan fingerprint density at radius 2 is 1.86 bits per heavy atom. The average Bonchev–Trinajstić information content (AvgIpc) is 3.01. The van der Waals surface area contributed by atoms with Crippen molar-refractivity contribution in [3.63, 3.8) is 0 Å². The van der Waals surface area contributed by atoms with Gasteiger partial charge in [-0.2, -0.15) is 0 Å². The fourth-order valence-electron chi connectivity index (χ4n) is 2.51. The van der Waals surface area contributed by atoms with Gasteiger partial charge in [-0.15, -0.1) is 0 Å². The molecular weight excluding hydrogens is 268 g/mol. The van der Waals surface area contributed by atoms with Gasteiger partial charge in [-0.1, -0.05) is 30.3 Å². The third-order valence-corrected chi connectivity index (χ3v) is 3.43. The Morgan fingerprint density at radius 1 is 1.14 bits per heavy atom. The van der Waals surface area contributed by atoms with Gasteiger partial charge in [0.15, 0.2) is 0 Å². The maximum Gasteiger partial charge on any atom is 0.313 e. The van der Waals surface area contributed by atoms with Crippen molar-refractivity contribution in [1.82, 2.24) is 0 Å². The summed E-state index contributed by atoms with van der Waals surface area (Å²) in [6.45, 7) is 1.51. The zero-order valence-electron chi connectivity index (χ0n) is 12.1. The zero-order chi connectivity index (χ0) is 15.2. The van der Waals surface area contributed by atoms with Crippen LogP contribution in [-0.4, -0.2) is 18.9 Å². The van der Waals surface area contributed by atoms with E-state index in [0.717, 1.165) is 5.56 Å². The molecule has 0 radical (unpaired) electrons. The van der Waals surface area contributed by atoms with Crippen LogP contribution in [0.3, 0.4) is 0 Å². The fraction of sp³-hybridized carbons (Fsp3) is 0.294. The number of hydrogen-bond donors (Lipinski definition) is 0. The van der Waals surface area contributed by atoms with Gasteiger partial charge in [-0.25, -0.2) is 0 Å². The largest absolute Gasteiger partial charge is 0.469 e. The predicted molar refractivity (Wildman–Crippen MR) is 77.9 cm³/mol. The van der Waals surface area contributed by atoms with Crippen LogP contribution in [0.4, 0.5) is 0 Å². The van der Waals surface area contributed by atoms with Crippen LogP contribution in [0, 0.1) is 0 Å². The lowest BCUT2D eigenvalue weighted by atomic mass is 9.81. The molecule has 1 aromatic heterocycles. The Kier molecular flexibility index (Phi) is 4.93. The second-order valence-corrected chi connectivity index (χ2v) is 4.94. The van der Waals surface area contributed by atoms with E-state index in [4.69, 9.17) is 9.15 Å². The zero-order valence-corrected chi connectivity index (χ0v) is 12.1. The fourth-order valence-corrected chi connectivity index (χ4v) is 2.51.